The van der Waals surface area contributed by atoms with Gasteiger partial charge in [0.25, 0.3) is 0 Å². The Morgan fingerprint density at radius 1 is 0.432 bits per heavy atom. The number of nitrogens with zero attached hydrogens (tertiary/aromatic N) is 10. The summed E-state index contributed by atoms with van der Waals surface area (Å²) < 4.78 is 0. The number of rotatable bonds is 15. The molecule has 0 aliphatic heterocycles. The summed E-state index contributed by atoms with van der Waals surface area (Å²) in [6.45, 7) is 0.840. The molecule has 4 aromatic rings. The molecule has 0 atom stereocenters. The summed E-state index contributed by atoms with van der Waals surface area (Å²) in [4.78, 5) is 81.6. The summed E-state index contributed by atoms with van der Waals surface area (Å²) in [7, 11) is 0. The Balaban J connectivity index is 1.62. The summed E-state index contributed by atoms with van der Waals surface area (Å²) in [6.07, 6.45) is 10.0. The largest absolute Gasteiger partial charge is 0.476 e. The minimum absolute atomic E-state index is 0.0869. The van der Waals surface area contributed by atoms with Crippen LogP contribution in [-0.2, 0) is 26.2 Å². The molecule has 0 radical (unpaired) electrons. The van der Waals surface area contributed by atoms with Crippen LogP contribution in [0.4, 0.5) is 0 Å². The number of carboxylic acids is 4. The minimum Gasteiger partial charge on any atom is -0.476 e. The third kappa shape index (κ3) is 8.81. The molecule has 0 bridgehead atoms. The van der Waals surface area contributed by atoms with Gasteiger partial charge in [0.2, 0.25) is 0 Å². The second-order valence-electron chi connectivity index (χ2n) is 9.22. The Bertz CT molecular complexity index is 1450. The van der Waals surface area contributed by atoms with Crippen molar-refractivity contribution in [1.82, 2.24) is 49.7 Å². The molecular formula is C26H24N10O8. The minimum atomic E-state index is -1.26. The van der Waals surface area contributed by atoms with E-state index in [2.05, 4.69) is 39.9 Å². The van der Waals surface area contributed by atoms with E-state index in [-0.39, 0.29) is 62.0 Å². The second kappa shape index (κ2) is 14.3. The first-order chi connectivity index (χ1) is 21.1. The fourth-order valence-electron chi connectivity index (χ4n) is 3.97. The van der Waals surface area contributed by atoms with E-state index < -0.39 is 23.9 Å². The lowest BCUT2D eigenvalue weighted by Crippen LogP contribution is -2.35. The molecule has 18 heteroatoms. The number of hydrogen-bond acceptors (Lipinski definition) is 14. The first kappa shape index (κ1) is 31.1. The molecule has 0 unspecified atom stereocenters. The van der Waals surface area contributed by atoms with Gasteiger partial charge in [0.1, 0.15) is 0 Å². The Hall–Kier alpha value is -5.88. The van der Waals surface area contributed by atoms with Crippen LogP contribution in [0, 0.1) is 0 Å². The molecule has 4 heterocycles. The maximum Gasteiger partial charge on any atom is 0.356 e. The average Bonchev–Trinajstić information content (AvgIpc) is 3.00. The maximum absolute atomic E-state index is 11.4. The Morgan fingerprint density at radius 2 is 0.659 bits per heavy atom. The average molecular weight is 605 g/mol. The van der Waals surface area contributed by atoms with Gasteiger partial charge in [-0.05, 0) is 0 Å². The Kier molecular flexibility index (Phi) is 10.1. The molecule has 18 nitrogen and oxygen atoms in total. The highest BCUT2D eigenvalue weighted by atomic mass is 16.4. The molecular weight excluding hydrogens is 580 g/mol. The molecule has 0 aromatic carbocycles. The van der Waals surface area contributed by atoms with Crippen LogP contribution >= 0.6 is 0 Å². The first-order valence-electron chi connectivity index (χ1n) is 12.7. The molecule has 0 spiro atoms. The van der Waals surface area contributed by atoms with Crippen LogP contribution in [-0.4, -0.2) is 107 Å². The van der Waals surface area contributed by atoms with Crippen molar-refractivity contribution < 1.29 is 39.6 Å². The van der Waals surface area contributed by atoms with Crippen LogP contribution in [0.2, 0.25) is 0 Å². The zero-order chi connectivity index (χ0) is 31.6. The van der Waals surface area contributed by atoms with Gasteiger partial charge < -0.3 is 20.4 Å². The highest BCUT2D eigenvalue weighted by Gasteiger charge is 2.18. The molecule has 44 heavy (non-hydrogen) atoms. The van der Waals surface area contributed by atoms with Gasteiger partial charge in [-0.1, -0.05) is 0 Å². The molecule has 4 aromatic heterocycles. The number of aromatic carboxylic acids is 4. The van der Waals surface area contributed by atoms with Crippen LogP contribution in [0.1, 0.15) is 64.7 Å². The zero-order valence-electron chi connectivity index (χ0n) is 22.8. The van der Waals surface area contributed by atoms with E-state index in [4.69, 9.17) is 0 Å². The van der Waals surface area contributed by atoms with Gasteiger partial charge in [0.05, 0.1) is 47.6 Å². The number of carbonyl (C=O) groups is 4. The molecule has 0 aliphatic carbocycles. The first-order valence-corrected chi connectivity index (χ1v) is 12.7. The highest BCUT2D eigenvalue weighted by Crippen LogP contribution is 2.12. The van der Waals surface area contributed by atoms with E-state index in [9.17, 15) is 39.6 Å². The van der Waals surface area contributed by atoms with Crippen LogP contribution in [0.5, 0.6) is 0 Å². The van der Waals surface area contributed by atoms with Crippen molar-refractivity contribution in [2.24, 2.45) is 0 Å². The van der Waals surface area contributed by atoms with E-state index in [1.165, 1.54) is 24.8 Å². The van der Waals surface area contributed by atoms with Gasteiger partial charge in [0, 0.05) is 64.1 Å². The van der Waals surface area contributed by atoms with Crippen molar-refractivity contribution in [2.75, 3.05) is 13.1 Å². The topological polar surface area (TPSA) is 259 Å². The third-order valence-electron chi connectivity index (χ3n) is 5.89. The predicted molar refractivity (Wildman–Crippen MR) is 144 cm³/mol. The van der Waals surface area contributed by atoms with Crippen molar-refractivity contribution >= 4 is 23.9 Å². The lowest BCUT2D eigenvalue weighted by atomic mass is 10.2. The number of aromatic nitrogens is 8. The Labute approximate surface area is 247 Å². The van der Waals surface area contributed by atoms with E-state index in [0.29, 0.717) is 22.8 Å². The lowest BCUT2D eigenvalue weighted by molar-refractivity contribution is 0.0677. The SMILES string of the molecule is O=C(O)c1cncc(CN(CCN(Cc2cncc(C(=O)O)n2)Cc2cncc(C(=O)O)n2)Cc2cncc(C(=O)O)n2)n1. The quantitative estimate of drug-likeness (QED) is 0.142. The van der Waals surface area contributed by atoms with Gasteiger partial charge in [-0.15, -0.1) is 0 Å². The summed E-state index contributed by atoms with van der Waals surface area (Å²) in [5.41, 5.74) is 0.238. The molecule has 4 N–H and O–H groups in total. The maximum atomic E-state index is 11.4. The molecule has 0 saturated carbocycles. The van der Waals surface area contributed by atoms with E-state index in [0.717, 1.165) is 24.8 Å². The van der Waals surface area contributed by atoms with Crippen molar-refractivity contribution in [3.05, 3.63) is 95.1 Å². The van der Waals surface area contributed by atoms with Crippen LogP contribution in [0.25, 0.3) is 0 Å². The second-order valence-corrected chi connectivity index (χ2v) is 9.22. The van der Waals surface area contributed by atoms with Gasteiger partial charge >= 0.3 is 23.9 Å². The summed E-state index contributed by atoms with van der Waals surface area (Å²) >= 11 is 0. The van der Waals surface area contributed by atoms with Crippen LogP contribution in [0.15, 0.2) is 49.6 Å². The fraction of sp³-hybridized carbons (Fsp3) is 0.231. The summed E-state index contributed by atoms with van der Waals surface area (Å²) in [6, 6.07) is 0. The monoisotopic (exact) mass is 604 g/mol. The molecule has 226 valence electrons. The Morgan fingerprint density at radius 3 is 0.864 bits per heavy atom. The lowest BCUT2D eigenvalue weighted by Gasteiger charge is -2.27. The van der Waals surface area contributed by atoms with E-state index >= 15 is 0 Å². The molecule has 0 amide bonds. The van der Waals surface area contributed by atoms with E-state index in [1.54, 1.807) is 9.80 Å². The van der Waals surface area contributed by atoms with Crippen molar-refractivity contribution in [2.45, 2.75) is 26.2 Å². The smallest absolute Gasteiger partial charge is 0.356 e. The standard InChI is InChI=1S/C26H24N10O8/c37-23(38)19-7-27-3-15(31-19)11-35(12-16-4-28-8-20(32-16)24(39)40)1-2-36(13-17-5-29-9-21(33-17)25(41)42)14-18-6-30-10-22(34-18)26(43)44/h3-10H,1-2,11-14H2,(H,37,38)(H,39,40)(H,41,42)(H,43,44). The van der Waals surface area contributed by atoms with Gasteiger partial charge in [-0.2, -0.15) is 0 Å². The third-order valence-corrected chi connectivity index (χ3v) is 5.89. The van der Waals surface area contributed by atoms with Crippen molar-refractivity contribution in [3.63, 3.8) is 0 Å². The summed E-state index contributed by atoms with van der Waals surface area (Å²) in [5.74, 6) is -5.03. The molecule has 4 rings (SSSR count). The zero-order valence-corrected chi connectivity index (χ0v) is 22.8. The number of carboxylic acid groups (broad SMARTS) is 4. The predicted octanol–water partition coefficient (Wildman–Crippen LogP) is 0.344. The van der Waals surface area contributed by atoms with Crippen LogP contribution in [0.3, 0.4) is 0 Å². The van der Waals surface area contributed by atoms with Crippen LogP contribution < -0.4 is 0 Å². The normalized spacial score (nSPS) is 11.0. The molecule has 0 aliphatic rings. The molecule has 0 fully saturated rings. The van der Waals surface area contributed by atoms with Gasteiger partial charge in [0.15, 0.2) is 22.8 Å². The van der Waals surface area contributed by atoms with Crippen molar-refractivity contribution in [1.29, 1.82) is 0 Å². The highest BCUT2D eigenvalue weighted by molar-refractivity contribution is 5.86. The number of hydrogen-bond donors (Lipinski definition) is 4. The molecule has 0 saturated heterocycles. The van der Waals surface area contributed by atoms with Gasteiger partial charge in [-0.25, -0.2) is 39.1 Å². The summed E-state index contributed by atoms with van der Waals surface area (Å²) in [5, 5.41) is 37.3. The van der Waals surface area contributed by atoms with E-state index in [1.807, 2.05) is 0 Å². The fourth-order valence-corrected chi connectivity index (χ4v) is 3.97. The van der Waals surface area contributed by atoms with Gasteiger partial charge in [-0.3, -0.25) is 29.7 Å². The van der Waals surface area contributed by atoms with Crippen molar-refractivity contribution in [3.8, 4) is 0 Å².